The van der Waals surface area contributed by atoms with E-state index in [9.17, 15) is 13.5 Å². The van der Waals surface area contributed by atoms with Crippen LogP contribution in [0.15, 0.2) is 10.3 Å². The molecule has 0 unspecified atom stereocenters. The SMILES string of the molecule is COCCN(CCOC)S(=O)(=O)c1c(C)csc1CO. The summed E-state index contributed by atoms with van der Waals surface area (Å²) < 4.78 is 36.7. The molecule has 0 saturated carbocycles. The molecule has 0 amide bonds. The lowest BCUT2D eigenvalue weighted by atomic mass is 10.3. The number of sulfonamides is 1. The van der Waals surface area contributed by atoms with E-state index in [1.54, 1.807) is 12.3 Å². The van der Waals surface area contributed by atoms with Gasteiger partial charge in [0, 0.05) is 27.3 Å². The quantitative estimate of drug-likeness (QED) is 0.728. The van der Waals surface area contributed by atoms with Crippen molar-refractivity contribution in [1.82, 2.24) is 4.31 Å². The molecule has 0 radical (unpaired) electrons. The van der Waals surface area contributed by atoms with Crippen LogP contribution in [0.5, 0.6) is 0 Å². The number of ether oxygens (including phenoxy) is 2. The van der Waals surface area contributed by atoms with Gasteiger partial charge in [0.05, 0.1) is 24.7 Å². The maximum atomic E-state index is 12.7. The monoisotopic (exact) mass is 323 g/mol. The van der Waals surface area contributed by atoms with E-state index in [1.807, 2.05) is 0 Å². The summed E-state index contributed by atoms with van der Waals surface area (Å²) in [6, 6.07) is 0. The molecule has 1 aromatic heterocycles. The van der Waals surface area contributed by atoms with Crippen molar-refractivity contribution in [2.75, 3.05) is 40.5 Å². The third kappa shape index (κ3) is 4.00. The van der Waals surface area contributed by atoms with Crippen LogP contribution in [0.4, 0.5) is 0 Å². The molecule has 0 aliphatic carbocycles. The van der Waals surface area contributed by atoms with E-state index in [-0.39, 0.29) is 24.6 Å². The molecule has 0 aliphatic rings. The molecule has 0 bridgehead atoms. The third-order valence-electron chi connectivity index (χ3n) is 2.82. The van der Waals surface area contributed by atoms with Gasteiger partial charge < -0.3 is 14.6 Å². The summed E-state index contributed by atoms with van der Waals surface area (Å²) in [7, 11) is -0.604. The van der Waals surface area contributed by atoms with Gasteiger partial charge in [0.2, 0.25) is 10.0 Å². The molecule has 1 N–H and O–H groups in total. The van der Waals surface area contributed by atoms with Crippen LogP contribution in [-0.4, -0.2) is 58.4 Å². The van der Waals surface area contributed by atoms with Gasteiger partial charge >= 0.3 is 0 Å². The van der Waals surface area contributed by atoms with Crippen LogP contribution in [0.25, 0.3) is 0 Å². The maximum absolute atomic E-state index is 12.7. The molecule has 0 fully saturated rings. The van der Waals surface area contributed by atoms with E-state index in [2.05, 4.69) is 0 Å². The third-order valence-corrected chi connectivity index (χ3v) is 6.17. The van der Waals surface area contributed by atoms with Crippen LogP contribution >= 0.6 is 11.3 Å². The molecule has 1 aromatic rings. The highest BCUT2D eigenvalue weighted by Crippen LogP contribution is 2.29. The summed E-state index contributed by atoms with van der Waals surface area (Å²) in [4.78, 5) is 0.666. The first-order valence-electron chi connectivity index (χ1n) is 6.14. The number of thiophene rings is 1. The Morgan fingerprint density at radius 2 is 1.80 bits per heavy atom. The van der Waals surface area contributed by atoms with Crippen molar-refractivity contribution in [3.05, 3.63) is 15.8 Å². The van der Waals surface area contributed by atoms with Gasteiger partial charge in [0.1, 0.15) is 4.90 Å². The van der Waals surface area contributed by atoms with Crippen molar-refractivity contribution in [3.63, 3.8) is 0 Å². The van der Waals surface area contributed by atoms with Crippen molar-refractivity contribution in [3.8, 4) is 0 Å². The summed E-state index contributed by atoms with van der Waals surface area (Å²) in [6.07, 6.45) is 0. The molecule has 0 spiro atoms. The minimum atomic E-state index is -3.65. The zero-order valence-corrected chi connectivity index (χ0v) is 13.6. The molecule has 116 valence electrons. The standard InChI is InChI=1S/C12H21NO5S2/c1-10-9-19-11(8-14)12(10)20(15,16)13(4-6-17-2)5-7-18-3/h9,14H,4-8H2,1-3H3. The fourth-order valence-corrected chi connectivity index (χ4v) is 4.83. The average Bonchev–Trinajstić information content (AvgIpc) is 2.80. The zero-order valence-electron chi connectivity index (χ0n) is 12.0. The van der Waals surface area contributed by atoms with E-state index < -0.39 is 10.0 Å². The minimum Gasteiger partial charge on any atom is -0.391 e. The van der Waals surface area contributed by atoms with Gasteiger partial charge in [-0.3, -0.25) is 0 Å². The highest BCUT2D eigenvalue weighted by Gasteiger charge is 2.29. The lowest BCUT2D eigenvalue weighted by molar-refractivity contribution is 0.150. The number of aliphatic hydroxyl groups excluding tert-OH is 1. The Morgan fingerprint density at radius 1 is 1.25 bits per heavy atom. The number of rotatable bonds is 9. The topological polar surface area (TPSA) is 76.1 Å². The van der Waals surface area contributed by atoms with Gasteiger partial charge in [-0.05, 0) is 17.9 Å². The fraction of sp³-hybridized carbons (Fsp3) is 0.667. The van der Waals surface area contributed by atoms with Gasteiger partial charge in [-0.2, -0.15) is 4.31 Å². The van der Waals surface area contributed by atoms with Crippen molar-refractivity contribution in [2.45, 2.75) is 18.4 Å². The smallest absolute Gasteiger partial charge is 0.244 e. The molecular weight excluding hydrogens is 302 g/mol. The van der Waals surface area contributed by atoms with Gasteiger partial charge in [0.15, 0.2) is 0 Å². The Kier molecular flexibility index (Phi) is 7.07. The second-order valence-electron chi connectivity index (χ2n) is 4.22. The summed E-state index contributed by atoms with van der Waals surface area (Å²) >= 11 is 1.25. The first kappa shape index (κ1) is 17.5. The van der Waals surface area contributed by atoms with Gasteiger partial charge in [0.25, 0.3) is 0 Å². The van der Waals surface area contributed by atoms with Crippen LogP contribution in [-0.2, 0) is 26.1 Å². The Morgan fingerprint density at radius 3 is 2.25 bits per heavy atom. The van der Waals surface area contributed by atoms with Crippen LogP contribution in [0.3, 0.4) is 0 Å². The van der Waals surface area contributed by atoms with Crippen molar-refractivity contribution >= 4 is 21.4 Å². The van der Waals surface area contributed by atoms with E-state index >= 15 is 0 Å². The van der Waals surface area contributed by atoms with Gasteiger partial charge in [-0.15, -0.1) is 11.3 Å². The van der Waals surface area contributed by atoms with Crippen LogP contribution in [0.1, 0.15) is 10.4 Å². The largest absolute Gasteiger partial charge is 0.391 e. The summed E-state index contributed by atoms with van der Waals surface area (Å²) in [5.41, 5.74) is 0.652. The maximum Gasteiger partial charge on any atom is 0.244 e. The molecule has 0 aliphatic heterocycles. The second kappa shape index (κ2) is 8.06. The van der Waals surface area contributed by atoms with E-state index in [1.165, 1.54) is 29.9 Å². The van der Waals surface area contributed by atoms with Crippen LogP contribution in [0, 0.1) is 6.92 Å². The first-order valence-corrected chi connectivity index (χ1v) is 8.46. The number of nitrogens with zero attached hydrogens (tertiary/aromatic N) is 1. The molecule has 8 heteroatoms. The number of methoxy groups -OCH3 is 2. The predicted molar refractivity (Wildman–Crippen MR) is 77.5 cm³/mol. The molecule has 1 rings (SSSR count). The molecule has 6 nitrogen and oxygen atoms in total. The Labute approximate surface area is 124 Å². The second-order valence-corrected chi connectivity index (χ2v) is 7.06. The Hall–Kier alpha value is -0.510. The lowest BCUT2D eigenvalue weighted by Crippen LogP contribution is -2.37. The molecule has 20 heavy (non-hydrogen) atoms. The van der Waals surface area contributed by atoms with E-state index in [0.717, 1.165) is 0 Å². The van der Waals surface area contributed by atoms with E-state index in [4.69, 9.17) is 9.47 Å². The zero-order chi connectivity index (χ0) is 15.2. The first-order chi connectivity index (χ1) is 9.48. The number of aliphatic hydroxyl groups is 1. The lowest BCUT2D eigenvalue weighted by Gasteiger charge is -2.22. The summed E-state index contributed by atoms with van der Waals surface area (Å²) in [6.45, 7) is 2.56. The highest BCUT2D eigenvalue weighted by atomic mass is 32.2. The van der Waals surface area contributed by atoms with Crippen molar-refractivity contribution in [1.29, 1.82) is 0 Å². The minimum absolute atomic E-state index is 0.206. The molecule has 0 aromatic carbocycles. The summed E-state index contributed by atoms with van der Waals surface area (Å²) in [5, 5.41) is 11.0. The Balaban J connectivity index is 3.10. The Bertz CT molecular complexity index is 504. The highest BCUT2D eigenvalue weighted by molar-refractivity contribution is 7.89. The summed E-state index contributed by atoms with van der Waals surface area (Å²) in [5.74, 6) is 0. The number of hydrogen-bond donors (Lipinski definition) is 1. The number of aryl methyl sites for hydroxylation is 1. The van der Waals surface area contributed by atoms with Gasteiger partial charge in [-0.1, -0.05) is 0 Å². The predicted octanol–water partition coefficient (Wildman–Crippen LogP) is 0.832. The molecular formula is C12H21NO5S2. The van der Waals surface area contributed by atoms with Crippen molar-refractivity contribution in [2.24, 2.45) is 0 Å². The normalized spacial score (nSPS) is 12.2. The van der Waals surface area contributed by atoms with Crippen molar-refractivity contribution < 1.29 is 23.0 Å². The molecule has 0 saturated heterocycles. The van der Waals surface area contributed by atoms with Gasteiger partial charge in [-0.25, -0.2) is 8.42 Å². The van der Waals surface area contributed by atoms with Crippen LogP contribution in [0.2, 0.25) is 0 Å². The van der Waals surface area contributed by atoms with E-state index in [0.29, 0.717) is 23.7 Å². The number of hydrogen-bond acceptors (Lipinski definition) is 6. The van der Waals surface area contributed by atoms with Crippen LogP contribution < -0.4 is 0 Å². The molecule has 0 atom stereocenters. The average molecular weight is 323 g/mol. The molecule has 1 heterocycles. The fourth-order valence-electron chi connectivity index (χ4n) is 1.81.